The summed E-state index contributed by atoms with van der Waals surface area (Å²) < 4.78 is 28.8. The third kappa shape index (κ3) is 4.47. The van der Waals surface area contributed by atoms with Crippen LogP contribution in [0.1, 0.15) is 48.9 Å². The maximum Gasteiger partial charge on any atom is 0.251 e. The fraction of sp³-hybridized carbons (Fsp3) is 0.588. The molecular weight excluding hydrogens is 314 g/mol. The molecule has 1 heterocycles. The van der Waals surface area contributed by atoms with Crippen LogP contribution in [0.2, 0.25) is 0 Å². The molecule has 1 N–H and O–H groups in total. The van der Waals surface area contributed by atoms with Crippen molar-refractivity contribution in [2.45, 2.75) is 50.7 Å². The van der Waals surface area contributed by atoms with E-state index in [0.717, 1.165) is 18.6 Å². The van der Waals surface area contributed by atoms with E-state index in [1.165, 1.54) is 19.3 Å². The number of amides is 1. The van der Waals surface area contributed by atoms with Crippen molar-refractivity contribution in [2.75, 3.05) is 11.5 Å². The normalized spacial score (nSPS) is 24.3. The third-order valence-corrected chi connectivity index (χ3v) is 6.31. The first-order valence-corrected chi connectivity index (χ1v) is 10.1. The molecule has 2 aliphatic rings. The van der Waals surface area contributed by atoms with Gasteiger partial charge in [0.05, 0.1) is 17.6 Å². The highest BCUT2D eigenvalue weighted by Gasteiger charge is 2.29. The van der Waals surface area contributed by atoms with Crippen molar-refractivity contribution in [3.63, 3.8) is 0 Å². The van der Waals surface area contributed by atoms with Gasteiger partial charge in [0.15, 0.2) is 9.84 Å². The number of nitrogens with one attached hydrogen (secondary N) is 1. The molecule has 1 aliphatic carbocycles. The second kappa shape index (κ2) is 6.91. The molecule has 6 heteroatoms. The van der Waals surface area contributed by atoms with Gasteiger partial charge < -0.3 is 10.1 Å². The summed E-state index contributed by atoms with van der Waals surface area (Å²) in [6.45, 7) is 0. The number of carbonyl (C=O) groups is 1. The molecule has 1 saturated heterocycles. The van der Waals surface area contributed by atoms with Gasteiger partial charge in [-0.15, -0.1) is 0 Å². The van der Waals surface area contributed by atoms with Crippen LogP contribution in [0.3, 0.4) is 0 Å². The average Bonchev–Trinajstić information content (AvgIpc) is 2.88. The van der Waals surface area contributed by atoms with E-state index in [0.29, 0.717) is 12.0 Å². The fourth-order valence-electron chi connectivity index (χ4n) is 3.24. The summed E-state index contributed by atoms with van der Waals surface area (Å²) in [5.41, 5.74) is 0.533. The molecule has 3 rings (SSSR count). The Bertz CT molecular complexity index is 648. The summed E-state index contributed by atoms with van der Waals surface area (Å²) in [6, 6.07) is 6.82. The van der Waals surface area contributed by atoms with Crippen molar-refractivity contribution in [2.24, 2.45) is 0 Å². The Morgan fingerprint density at radius 1 is 1.04 bits per heavy atom. The van der Waals surface area contributed by atoms with Crippen LogP contribution in [0.4, 0.5) is 0 Å². The van der Waals surface area contributed by atoms with Crippen LogP contribution < -0.4 is 10.1 Å². The van der Waals surface area contributed by atoms with Gasteiger partial charge in [-0.25, -0.2) is 8.42 Å². The highest BCUT2D eigenvalue weighted by atomic mass is 32.2. The van der Waals surface area contributed by atoms with Gasteiger partial charge in [-0.05, 0) is 56.4 Å². The van der Waals surface area contributed by atoms with Crippen LogP contribution in [0.25, 0.3) is 0 Å². The van der Waals surface area contributed by atoms with Gasteiger partial charge in [0.1, 0.15) is 5.75 Å². The minimum absolute atomic E-state index is 0.0433. The molecule has 1 saturated carbocycles. The summed E-state index contributed by atoms with van der Waals surface area (Å²) in [5.74, 6) is 0.765. The van der Waals surface area contributed by atoms with Crippen molar-refractivity contribution in [1.82, 2.24) is 5.32 Å². The topological polar surface area (TPSA) is 72.5 Å². The van der Waals surface area contributed by atoms with Crippen molar-refractivity contribution in [3.8, 4) is 5.75 Å². The SMILES string of the molecule is O=C(N[C@H]1CCS(=O)(=O)C1)c1ccc(OC2CCCCC2)cc1. The predicted octanol–water partition coefficient (Wildman–Crippen LogP) is 2.31. The lowest BCUT2D eigenvalue weighted by Crippen LogP contribution is -2.35. The zero-order chi connectivity index (χ0) is 16.3. The van der Waals surface area contributed by atoms with Crippen LogP contribution in [0.15, 0.2) is 24.3 Å². The molecule has 0 bridgehead atoms. The predicted molar refractivity (Wildman–Crippen MR) is 88.5 cm³/mol. The van der Waals surface area contributed by atoms with E-state index in [4.69, 9.17) is 4.74 Å². The highest BCUT2D eigenvalue weighted by molar-refractivity contribution is 7.91. The summed E-state index contributed by atoms with van der Waals surface area (Å²) >= 11 is 0. The Morgan fingerprint density at radius 3 is 2.35 bits per heavy atom. The van der Waals surface area contributed by atoms with Crippen molar-refractivity contribution >= 4 is 15.7 Å². The van der Waals surface area contributed by atoms with Crippen LogP contribution in [0, 0.1) is 0 Å². The summed E-state index contributed by atoms with van der Waals surface area (Å²) in [6.07, 6.45) is 6.70. The summed E-state index contributed by atoms with van der Waals surface area (Å²) in [4.78, 5) is 12.2. The Labute approximate surface area is 137 Å². The van der Waals surface area contributed by atoms with Gasteiger partial charge in [-0.2, -0.15) is 0 Å². The Balaban J connectivity index is 1.55. The Kier molecular flexibility index (Phi) is 4.90. The lowest BCUT2D eigenvalue weighted by Gasteiger charge is -2.23. The quantitative estimate of drug-likeness (QED) is 0.915. The van der Waals surface area contributed by atoms with Crippen molar-refractivity contribution < 1.29 is 17.9 Å². The van der Waals surface area contributed by atoms with Gasteiger partial charge in [-0.3, -0.25) is 4.79 Å². The van der Waals surface area contributed by atoms with E-state index in [9.17, 15) is 13.2 Å². The minimum atomic E-state index is -2.98. The fourth-order valence-corrected chi connectivity index (χ4v) is 4.91. The van der Waals surface area contributed by atoms with Crippen molar-refractivity contribution in [3.05, 3.63) is 29.8 Å². The van der Waals surface area contributed by atoms with Gasteiger partial charge in [0, 0.05) is 11.6 Å². The standard InChI is InChI=1S/C17H23NO4S/c19-17(18-14-10-11-23(20,21)12-14)13-6-8-16(9-7-13)22-15-4-2-1-3-5-15/h6-9,14-15H,1-5,10-12H2,(H,18,19)/t14-/m0/s1. The Morgan fingerprint density at radius 2 is 1.74 bits per heavy atom. The van der Waals surface area contributed by atoms with E-state index in [2.05, 4.69) is 5.32 Å². The molecule has 5 nitrogen and oxygen atoms in total. The average molecular weight is 337 g/mol. The highest BCUT2D eigenvalue weighted by Crippen LogP contribution is 2.23. The molecule has 1 atom stereocenters. The van der Waals surface area contributed by atoms with E-state index < -0.39 is 9.84 Å². The summed E-state index contributed by atoms with van der Waals surface area (Å²) in [7, 11) is -2.98. The molecule has 0 radical (unpaired) electrons. The monoisotopic (exact) mass is 337 g/mol. The van der Waals surface area contributed by atoms with E-state index >= 15 is 0 Å². The van der Waals surface area contributed by atoms with Gasteiger partial charge >= 0.3 is 0 Å². The number of carbonyl (C=O) groups excluding carboxylic acids is 1. The number of rotatable bonds is 4. The molecule has 1 aliphatic heterocycles. The maximum atomic E-state index is 12.2. The summed E-state index contributed by atoms with van der Waals surface area (Å²) in [5, 5.41) is 2.79. The van der Waals surface area contributed by atoms with E-state index in [-0.39, 0.29) is 29.6 Å². The molecule has 1 amide bonds. The zero-order valence-corrected chi connectivity index (χ0v) is 14.0. The second-order valence-electron chi connectivity index (χ2n) is 6.48. The lowest BCUT2D eigenvalue weighted by molar-refractivity contribution is 0.0941. The minimum Gasteiger partial charge on any atom is -0.490 e. The number of benzene rings is 1. The second-order valence-corrected chi connectivity index (χ2v) is 8.70. The Hall–Kier alpha value is -1.56. The first-order chi connectivity index (χ1) is 11.0. The van der Waals surface area contributed by atoms with E-state index in [1.54, 1.807) is 12.1 Å². The molecule has 0 unspecified atom stereocenters. The van der Waals surface area contributed by atoms with Gasteiger partial charge in [0.2, 0.25) is 0 Å². The van der Waals surface area contributed by atoms with E-state index in [1.807, 2.05) is 12.1 Å². The molecule has 0 spiro atoms. The van der Waals surface area contributed by atoms with Crippen LogP contribution >= 0.6 is 0 Å². The molecule has 126 valence electrons. The molecule has 1 aromatic carbocycles. The molecular formula is C17H23NO4S. The molecule has 2 fully saturated rings. The van der Waals surface area contributed by atoms with Crippen LogP contribution in [-0.2, 0) is 9.84 Å². The molecule has 0 aromatic heterocycles. The van der Waals surface area contributed by atoms with Crippen LogP contribution in [0.5, 0.6) is 5.75 Å². The van der Waals surface area contributed by atoms with Gasteiger partial charge in [-0.1, -0.05) is 6.42 Å². The molecule has 23 heavy (non-hydrogen) atoms. The smallest absolute Gasteiger partial charge is 0.251 e. The number of hydrogen-bond donors (Lipinski definition) is 1. The van der Waals surface area contributed by atoms with Crippen molar-refractivity contribution in [1.29, 1.82) is 0 Å². The first-order valence-electron chi connectivity index (χ1n) is 8.30. The molecule has 1 aromatic rings. The number of ether oxygens (including phenoxy) is 1. The largest absolute Gasteiger partial charge is 0.490 e. The van der Waals surface area contributed by atoms with Gasteiger partial charge in [0.25, 0.3) is 5.91 Å². The number of sulfone groups is 1. The number of hydrogen-bond acceptors (Lipinski definition) is 4. The van der Waals surface area contributed by atoms with Crippen LogP contribution in [-0.4, -0.2) is 38.0 Å². The lowest BCUT2D eigenvalue weighted by atomic mass is 9.98. The maximum absolute atomic E-state index is 12.2. The third-order valence-electron chi connectivity index (χ3n) is 4.54. The first kappa shape index (κ1) is 16.3. The zero-order valence-electron chi connectivity index (χ0n) is 13.2.